The van der Waals surface area contributed by atoms with Gasteiger partial charge in [0.1, 0.15) is 23.0 Å². The van der Waals surface area contributed by atoms with E-state index in [9.17, 15) is 12.8 Å². The first-order chi connectivity index (χ1) is 19.5. The first-order valence-electron chi connectivity index (χ1n) is 13.5. The molecule has 1 aliphatic rings. The van der Waals surface area contributed by atoms with E-state index in [1.807, 2.05) is 6.92 Å². The molecule has 2 aromatic carbocycles. The van der Waals surface area contributed by atoms with Gasteiger partial charge in [0.2, 0.25) is 5.95 Å². The lowest BCUT2D eigenvalue weighted by Gasteiger charge is -2.32. The number of aryl methyl sites for hydroxylation is 1. The van der Waals surface area contributed by atoms with E-state index in [1.165, 1.54) is 12.1 Å². The number of aromatic nitrogens is 3. The van der Waals surface area contributed by atoms with E-state index in [0.29, 0.717) is 28.6 Å². The smallest absolute Gasteiger partial charge is 0.223 e. The van der Waals surface area contributed by atoms with E-state index in [0.717, 1.165) is 55.5 Å². The average molecular weight is 584 g/mol. The summed E-state index contributed by atoms with van der Waals surface area (Å²) in [4.78, 5) is 15.8. The second kappa shape index (κ2) is 11.7. The van der Waals surface area contributed by atoms with Gasteiger partial charge in [-0.05, 0) is 88.2 Å². The minimum Gasteiger partial charge on any atom is -0.351 e. The van der Waals surface area contributed by atoms with Crippen molar-refractivity contribution in [3.63, 3.8) is 0 Å². The molecule has 7 nitrogen and oxygen atoms in total. The van der Waals surface area contributed by atoms with E-state index >= 15 is 8.78 Å². The van der Waals surface area contributed by atoms with Crippen molar-refractivity contribution in [1.82, 2.24) is 19.9 Å². The number of halogens is 3. The zero-order valence-electron chi connectivity index (χ0n) is 23.2. The molecule has 11 heteroatoms. The normalized spacial score (nSPS) is 17.7. The molecule has 4 aromatic rings. The Balaban J connectivity index is 1.34. The maximum absolute atomic E-state index is 15.2. The number of sulfone groups is 1. The van der Waals surface area contributed by atoms with Crippen molar-refractivity contribution < 1.29 is 21.6 Å². The molecule has 2 aromatic heterocycles. The van der Waals surface area contributed by atoms with E-state index in [1.54, 1.807) is 12.3 Å². The van der Waals surface area contributed by atoms with Gasteiger partial charge < -0.3 is 10.2 Å². The number of nitrogens with zero attached hydrogens (tertiary/aromatic N) is 4. The van der Waals surface area contributed by atoms with Crippen LogP contribution in [0.1, 0.15) is 42.4 Å². The van der Waals surface area contributed by atoms with Crippen LogP contribution >= 0.6 is 0 Å². The summed E-state index contributed by atoms with van der Waals surface area (Å²) in [6.45, 7) is 1.82. The highest BCUT2D eigenvalue weighted by Gasteiger charge is 2.23. The summed E-state index contributed by atoms with van der Waals surface area (Å²) in [6.07, 6.45) is 5.81. The van der Waals surface area contributed by atoms with Gasteiger partial charge in [0.15, 0.2) is 9.84 Å². The van der Waals surface area contributed by atoms with Gasteiger partial charge in [-0.1, -0.05) is 12.1 Å². The van der Waals surface area contributed by atoms with Crippen molar-refractivity contribution in [3.8, 4) is 11.3 Å². The molecular formula is C30H32F3N5O2S. The summed E-state index contributed by atoms with van der Waals surface area (Å²) in [7, 11) is 0.363. The number of nitrogens with one attached hydrogen (secondary N) is 1. The summed E-state index contributed by atoms with van der Waals surface area (Å²) < 4.78 is 68.7. The van der Waals surface area contributed by atoms with Gasteiger partial charge >= 0.3 is 0 Å². The van der Waals surface area contributed by atoms with Crippen LogP contribution in [0.4, 0.5) is 19.1 Å². The van der Waals surface area contributed by atoms with Crippen LogP contribution in [0.15, 0.2) is 48.7 Å². The molecule has 41 heavy (non-hydrogen) atoms. The monoisotopic (exact) mass is 583 g/mol. The second-order valence-electron chi connectivity index (χ2n) is 10.9. The highest BCUT2D eigenvalue weighted by Crippen LogP contribution is 2.30. The highest BCUT2D eigenvalue weighted by molar-refractivity contribution is 7.89. The van der Waals surface area contributed by atoms with Crippen LogP contribution in [0.25, 0.3) is 22.3 Å². The Kier molecular flexibility index (Phi) is 8.28. The van der Waals surface area contributed by atoms with Crippen molar-refractivity contribution in [2.45, 2.75) is 56.2 Å². The molecule has 0 saturated heterocycles. The minimum absolute atomic E-state index is 0.0907. The van der Waals surface area contributed by atoms with Crippen LogP contribution in [0.2, 0.25) is 0 Å². The van der Waals surface area contributed by atoms with Crippen LogP contribution in [-0.2, 0) is 21.3 Å². The van der Waals surface area contributed by atoms with Gasteiger partial charge in [0.05, 0.1) is 28.9 Å². The van der Waals surface area contributed by atoms with Crippen LogP contribution < -0.4 is 5.32 Å². The Morgan fingerprint density at radius 1 is 0.927 bits per heavy atom. The third kappa shape index (κ3) is 6.84. The number of anilines is 1. The zero-order valence-corrected chi connectivity index (χ0v) is 24.0. The molecule has 0 radical (unpaired) electrons. The zero-order chi connectivity index (χ0) is 29.3. The first-order valence-corrected chi connectivity index (χ1v) is 15.3. The third-order valence-corrected chi connectivity index (χ3v) is 9.11. The lowest BCUT2D eigenvalue weighted by atomic mass is 9.91. The van der Waals surface area contributed by atoms with E-state index < -0.39 is 38.8 Å². The van der Waals surface area contributed by atoms with Gasteiger partial charge in [0, 0.05) is 23.2 Å². The fraction of sp³-hybridized carbons (Fsp3) is 0.367. The maximum atomic E-state index is 15.2. The number of fused-ring (bicyclic) bond motifs is 1. The Morgan fingerprint density at radius 2 is 1.63 bits per heavy atom. The number of benzene rings is 2. The van der Waals surface area contributed by atoms with Crippen molar-refractivity contribution in [2.24, 2.45) is 0 Å². The fourth-order valence-corrected chi connectivity index (χ4v) is 6.82. The van der Waals surface area contributed by atoms with Crippen LogP contribution in [0.3, 0.4) is 0 Å². The average Bonchev–Trinajstić information content (AvgIpc) is 2.92. The standard InChI is InChI=1S/C30H32F3N5O2S/c1-18-12-27(36-28-15-34-30(37-29(18)28)35-22-8-10-23(11-9-22)38(2)3)24-14-25(32)20(13-26(24)33)17-41(39,40)16-19-4-6-21(31)7-5-19/h4-7,12-15,22-23H,8-11,16-17H2,1-3H3,(H,34,35,37). The SMILES string of the molecule is Cc1cc(-c2cc(F)c(CS(=O)(=O)Cc3ccc(F)cc3)cc2F)nc2cnc(NC3CCC(N(C)C)CC3)nc12. The van der Waals surface area contributed by atoms with Crippen LogP contribution in [0.5, 0.6) is 0 Å². The van der Waals surface area contributed by atoms with E-state index in [2.05, 4.69) is 39.3 Å². The topological polar surface area (TPSA) is 88.1 Å². The first kappa shape index (κ1) is 28.9. The van der Waals surface area contributed by atoms with Crippen LogP contribution in [-0.4, -0.2) is 54.4 Å². The predicted octanol–water partition coefficient (Wildman–Crippen LogP) is 5.82. The lowest BCUT2D eigenvalue weighted by molar-refractivity contribution is 0.221. The van der Waals surface area contributed by atoms with Crippen molar-refractivity contribution in [2.75, 3.05) is 19.4 Å². The molecule has 2 heterocycles. The number of hydrogen-bond acceptors (Lipinski definition) is 7. The Bertz CT molecular complexity index is 1670. The largest absolute Gasteiger partial charge is 0.351 e. The maximum Gasteiger partial charge on any atom is 0.223 e. The Labute approximate surface area is 237 Å². The summed E-state index contributed by atoms with van der Waals surface area (Å²) in [6, 6.07) is 9.35. The molecule has 1 fully saturated rings. The van der Waals surface area contributed by atoms with Gasteiger partial charge in [-0.3, -0.25) is 0 Å². The quantitative estimate of drug-likeness (QED) is 0.280. The molecule has 1 aliphatic carbocycles. The highest BCUT2D eigenvalue weighted by atomic mass is 32.2. The number of pyridine rings is 1. The summed E-state index contributed by atoms with van der Waals surface area (Å²) in [5.74, 6) is -2.75. The molecular weight excluding hydrogens is 551 g/mol. The molecule has 216 valence electrons. The fourth-order valence-electron chi connectivity index (χ4n) is 5.33. The molecule has 0 bridgehead atoms. The molecule has 1 saturated carbocycles. The van der Waals surface area contributed by atoms with Gasteiger partial charge in [-0.25, -0.2) is 36.5 Å². The Hall–Kier alpha value is -3.57. The third-order valence-electron chi connectivity index (χ3n) is 7.58. The van der Waals surface area contributed by atoms with Crippen molar-refractivity contribution >= 4 is 26.8 Å². The molecule has 5 rings (SSSR count). The lowest BCUT2D eigenvalue weighted by Crippen LogP contribution is -2.36. The Morgan fingerprint density at radius 3 is 2.32 bits per heavy atom. The van der Waals surface area contributed by atoms with Gasteiger partial charge in [0.25, 0.3) is 0 Å². The summed E-state index contributed by atoms with van der Waals surface area (Å²) in [5, 5.41) is 3.42. The second-order valence-corrected chi connectivity index (χ2v) is 13.0. The molecule has 0 atom stereocenters. The van der Waals surface area contributed by atoms with Crippen molar-refractivity contribution in [1.29, 1.82) is 0 Å². The van der Waals surface area contributed by atoms with Crippen LogP contribution in [0, 0.1) is 24.4 Å². The molecule has 0 spiro atoms. The number of hydrogen-bond donors (Lipinski definition) is 1. The summed E-state index contributed by atoms with van der Waals surface area (Å²) in [5.41, 5.74) is 1.94. The molecule has 0 unspecified atom stereocenters. The van der Waals surface area contributed by atoms with E-state index in [-0.39, 0.29) is 22.9 Å². The molecule has 1 N–H and O–H groups in total. The predicted molar refractivity (Wildman–Crippen MR) is 154 cm³/mol. The molecule has 0 aliphatic heterocycles. The van der Waals surface area contributed by atoms with Gasteiger partial charge in [-0.2, -0.15) is 0 Å². The summed E-state index contributed by atoms with van der Waals surface area (Å²) >= 11 is 0. The minimum atomic E-state index is -3.84. The molecule has 0 amide bonds. The van der Waals surface area contributed by atoms with E-state index in [4.69, 9.17) is 0 Å². The number of rotatable bonds is 8. The van der Waals surface area contributed by atoms with Gasteiger partial charge in [-0.15, -0.1) is 0 Å². The van der Waals surface area contributed by atoms with Crippen molar-refractivity contribution in [3.05, 3.63) is 82.8 Å².